The van der Waals surface area contributed by atoms with Crippen molar-refractivity contribution in [3.8, 4) is 0 Å². The molecule has 1 fully saturated rings. The summed E-state index contributed by atoms with van der Waals surface area (Å²) in [5.74, 6) is -0.424. The minimum Gasteiger partial charge on any atom is -0.337 e. The van der Waals surface area contributed by atoms with Crippen LogP contribution in [0.15, 0.2) is 18.2 Å². The Kier molecular flexibility index (Phi) is 6.11. The zero-order chi connectivity index (χ0) is 17.9. The summed E-state index contributed by atoms with van der Waals surface area (Å²) < 4.78 is 39.2. The molecule has 1 aliphatic rings. The van der Waals surface area contributed by atoms with Gasteiger partial charge in [0.2, 0.25) is 0 Å². The largest absolute Gasteiger partial charge is 0.418 e. The normalized spacial score (nSPS) is 22.9. The Labute approximate surface area is 144 Å². The Morgan fingerprint density at radius 1 is 1.38 bits per heavy atom. The number of benzene rings is 1. The van der Waals surface area contributed by atoms with E-state index in [9.17, 15) is 18.0 Å². The molecule has 0 spiro atoms. The smallest absolute Gasteiger partial charge is 0.337 e. The SMILES string of the molecule is C[NH+]1CCC([NH+](C)CC(=O)Nc2ccc(Cl)cc2C(F)(F)F)CC1. The first kappa shape index (κ1) is 19.0. The van der Waals surface area contributed by atoms with Gasteiger partial charge in [0, 0.05) is 17.9 Å². The van der Waals surface area contributed by atoms with Gasteiger partial charge in [-0.2, -0.15) is 13.2 Å². The third-order valence-electron chi connectivity index (χ3n) is 4.54. The van der Waals surface area contributed by atoms with Crippen molar-refractivity contribution in [3.05, 3.63) is 28.8 Å². The van der Waals surface area contributed by atoms with Crippen LogP contribution in [0, 0.1) is 0 Å². The fourth-order valence-electron chi connectivity index (χ4n) is 3.06. The van der Waals surface area contributed by atoms with Crippen molar-refractivity contribution < 1.29 is 27.8 Å². The number of hydrogen-bond donors (Lipinski definition) is 3. The first-order chi connectivity index (χ1) is 11.2. The molecule has 0 aliphatic carbocycles. The molecule has 1 aliphatic heterocycles. The Bertz CT molecular complexity index is 586. The van der Waals surface area contributed by atoms with Crippen LogP contribution in [-0.4, -0.2) is 45.7 Å². The van der Waals surface area contributed by atoms with E-state index in [-0.39, 0.29) is 17.3 Å². The summed E-state index contributed by atoms with van der Waals surface area (Å²) in [4.78, 5) is 14.7. The topological polar surface area (TPSA) is 38.0 Å². The average Bonchev–Trinajstić information content (AvgIpc) is 2.48. The molecule has 1 amide bonds. The molecule has 0 radical (unpaired) electrons. The van der Waals surface area contributed by atoms with Crippen LogP contribution in [-0.2, 0) is 11.0 Å². The van der Waals surface area contributed by atoms with E-state index < -0.39 is 17.6 Å². The van der Waals surface area contributed by atoms with E-state index in [0.717, 1.165) is 36.9 Å². The Morgan fingerprint density at radius 3 is 2.58 bits per heavy atom. The van der Waals surface area contributed by atoms with Crippen LogP contribution in [0.5, 0.6) is 0 Å². The van der Waals surface area contributed by atoms with Gasteiger partial charge in [-0.15, -0.1) is 0 Å². The third kappa shape index (κ3) is 5.09. The lowest BCUT2D eigenvalue weighted by molar-refractivity contribution is -0.935. The Hall–Kier alpha value is -1.31. The monoisotopic (exact) mass is 365 g/mol. The number of halogens is 4. The van der Waals surface area contributed by atoms with Crippen molar-refractivity contribution in [2.75, 3.05) is 39.0 Å². The van der Waals surface area contributed by atoms with Gasteiger partial charge in [0.1, 0.15) is 0 Å². The van der Waals surface area contributed by atoms with Gasteiger partial charge in [0.05, 0.1) is 44.5 Å². The summed E-state index contributed by atoms with van der Waals surface area (Å²) >= 11 is 5.64. The van der Waals surface area contributed by atoms with E-state index >= 15 is 0 Å². The molecule has 0 saturated carbocycles. The second-order valence-corrected chi connectivity index (χ2v) is 6.93. The lowest BCUT2D eigenvalue weighted by Gasteiger charge is -2.30. The number of alkyl halides is 3. The maximum atomic E-state index is 13.1. The summed E-state index contributed by atoms with van der Waals surface area (Å²) in [6.45, 7) is 2.25. The van der Waals surface area contributed by atoms with Crippen LogP contribution in [0.1, 0.15) is 18.4 Å². The molecule has 0 bridgehead atoms. The van der Waals surface area contributed by atoms with Crippen LogP contribution in [0.2, 0.25) is 5.02 Å². The Morgan fingerprint density at radius 2 is 2.00 bits per heavy atom. The van der Waals surface area contributed by atoms with Gasteiger partial charge >= 0.3 is 6.18 Å². The number of likely N-dealkylation sites (N-methyl/N-ethyl adjacent to an activating group) is 1. The van der Waals surface area contributed by atoms with E-state index in [4.69, 9.17) is 11.6 Å². The molecule has 4 nitrogen and oxygen atoms in total. The fraction of sp³-hybridized carbons (Fsp3) is 0.562. The molecule has 1 saturated heterocycles. The highest BCUT2D eigenvalue weighted by Gasteiger charge is 2.34. The Balaban J connectivity index is 2.00. The van der Waals surface area contributed by atoms with E-state index in [0.29, 0.717) is 6.04 Å². The second kappa shape index (κ2) is 7.72. The summed E-state index contributed by atoms with van der Waals surface area (Å²) in [6, 6.07) is 3.72. The molecular weight excluding hydrogens is 343 g/mol. The quantitative estimate of drug-likeness (QED) is 0.714. The molecule has 8 heteroatoms. The summed E-state index contributed by atoms with van der Waals surface area (Å²) in [7, 11) is 4.05. The van der Waals surface area contributed by atoms with Crippen molar-refractivity contribution in [1.29, 1.82) is 0 Å². The van der Waals surface area contributed by atoms with E-state index in [1.54, 1.807) is 0 Å². The fourth-order valence-corrected chi connectivity index (χ4v) is 3.23. The number of anilines is 1. The molecule has 24 heavy (non-hydrogen) atoms. The molecule has 1 aromatic carbocycles. The maximum Gasteiger partial charge on any atom is 0.418 e. The molecule has 134 valence electrons. The minimum atomic E-state index is -4.57. The van der Waals surface area contributed by atoms with Crippen LogP contribution in [0.3, 0.4) is 0 Å². The first-order valence-electron chi connectivity index (χ1n) is 7.97. The van der Waals surface area contributed by atoms with Gasteiger partial charge in [-0.1, -0.05) is 11.6 Å². The first-order valence-corrected chi connectivity index (χ1v) is 8.35. The molecule has 0 aromatic heterocycles. The number of rotatable bonds is 4. The van der Waals surface area contributed by atoms with E-state index in [1.807, 2.05) is 7.05 Å². The van der Waals surface area contributed by atoms with Crippen LogP contribution in [0.4, 0.5) is 18.9 Å². The van der Waals surface area contributed by atoms with Gasteiger partial charge < -0.3 is 15.1 Å². The maximum absolute atomic E-state index is 13.1. The lowest BCUT2D eigenvalue weighted by atomic mass is 10.0. The lowest BCUT2D eigenvalue weighted by Crippen LogP contribution is -3.18. The number of carbonyl (C=O) groups excluding carboxylic acids is 1. The zero-order valence-electron chi connectivity index (χ0n) is 13.8. The predicted octanol–water partition coefficient (Wildman–Crippen LogP) is 0.489. The number of carbonyl (C=O) groups is 1. The number of hydrogen-bond acceptors (Lipinski definition) is 1. The standard InChI is InChI=1S/C16H21ClF3N3O/c1-22-7-5-12(6-8-22)23(2)10-15(24)21-14-4-3-11(17)9-13(14)16(18,19)20/h3-4,9,12H,5-8,10H2,1-2H3,(H,21,24)/p+2. The number of likely N-dealkylation sites (tertiary alicyclic amines) is 1. The number of quaternary nitrogens is 2. The van der Waals surface area contributed by atoms with Crippen molar-refractivity contribution in [1.82, 2.24) is 0 Å². The summed E-state index contributed by atoms with van der Waals surface area (Å²) in [5.41, 5.74) is -1.18. The zero-order valence-corrected chi connectivity index (χ0v) is 14.5. The highest BCUT2D eigenvalue weighted by molar-refractivity contribution is 6.30. The van der Waals surface area contributed by atoms with Crippen molar-refractivity contribution in [3.63, 3.8) is 0 Å². The van der Waals surface area contributed by atoms with E-state index in [1.165, 1.54) is 17.0 Å². The second-order valence-electron chi connectivity index (χ2n) is 6.49. The number of piperidine rings is 1. The van der Waals surface area contributed by atoms with Crippen LogP contribution < -0.4 is 15.1 Å². The molecule has 3 N–H and O–H groups in total. The van der Waals surface area contributed by atoms with Gasteiger partial charge in [-0.05, 0) is 18.2 Å². The molecule has 1 unspecified atom stereocenters. The average molecular weight is 366 g/mol. The molecule has 1 atom stereocenters. The predicted molar refractivity (Wildman–Crippen MR) is 86.5 cm³/mol. The molecule has 1 aromatic rings. The van der Waals surface area contributed by atoms with Crippen molar-refractivity contribution >= 4 is 23.2 Å². The summed E-state index contributed by atoms with van der Waals surface area (Å²) in [6.07, 6.45) is -2.54. The van der Waals surface area contributed by atoms with Crippen LogP contribution in [0.25, 0.3) is 0 Å². The number of nitrogens with one attached hydrogen (secondary N) is 3. The molecule has 2 rings (SSSR count). The van der Waals surface area contributed by atoms with Gasteiger partial charge in [-0.25, -0.2) is 0 Å². The number of amides is 1. The summed E-state index contributed by atoms with van der Waals surface area (Å²) in [5, 5.41) is 2.36. The third-order valence-corrected chi connectivity index (χ3v) is 4.77. The minimum absolute atomic E-state index is 0.0168. The van der Waals surface area contributed by atoms with Crippen molar-refractivity contribution in [2.24, 2.45) is 0 Å². The molecular formula is C16H23ClF3N3O+2. The van der Waals surface area contributed by atoms with Crippen LogP contribution >= 0.6 is 11.6 Å². The highest BCUT2D eigenvalue weighted by Crippen LogP contribution is 2.36. The van der Waals surface area contributed by atoms with Gasteiger partial charge in [0.15, 0.2) is 6.54 Å². The van der Waals surface area contributed by atoms with E-state index in [2.05, 4.69) is 12.4 Å². The van der Waals surface area contributed by atoms with Crippen molar-refractivity contribution in [2.45, 2.75) is 25.1 Å². The van der Waals surface area contributed by atoms with Gasteiger partial charge in [-0.3, -0.25) is 4.79 Å². The highest BCUT2D eigenvalue weighted by atomic mass is 35.5. The van der Waals surface area contributed by atoms with Gasteiger partial charge in [0.25, 0.3) is 5.91 Å². The molecule has 1 heterocycles.